The average molecular weight is 477 g/mol. The van der Waals surface area contributed by atoms with E-state index in [9.17, 15) is 19.2 Å². The van der Waals surface area contributed by atoms with Gasteiger partial charge in [-0.2, -0.15) is 0 Å². The van der Waals surface area contributed by atoms with Crippen LogP contribution in [0, 0.1) is 0 Å². The highest BCUT2D eigenvalue weighted by Crippen LogP contribution is 2.24. The fraction of sp³-hybridized carbons (Fsp3) is 0.273. The lowest BCUT2D eigenvalue weighted by atomic mass is 10.2. The van der Waals surface area contributed by atoms with Crippen LogP contribution in [0.3, 0.4) is 0 Å². The molecular weight excluding hydrogens is 452 g/mol. The molecule has 0 aromatic heterocycles. The van der Waals surface area contributed by atoms with Crippen molar-refractivity contribution < 1.29 is 28.7 Å². The lowest BCUT2D eigenvalue weighted by molar-refractivity contribution is -0.143. The van der Waals surface area contributed by atoms with Crippen molar-refractivity contribution in [3.8, 4) is 0 Å². The van der Waals surface area contributed by atoms with Crippen molar-refractivity contribution in [2.24, 2.45) is 0 Å². The van der Waals surface area contributed by atoms with E-state index in [1.807, 2.05) is 0 Å². The molecular formula is C22H24N2O6S2. The zero-order chi connectivity index (χ0) is 23.3. The number of carbonyl (C=O) groups excluding carboxylic acids is 4. The van der Waals surface area contributed by atoms with E-state index in [-0.39, 0.29) is 11.5 Å². The van der Waals surface area contributed by atoms with Gasteiger partial charge in [0.2, 0.25) is 0 Å². The van der Waals surface area contributed by atoms with Gasteiger partial charge in [-0.15, -0.1) is 0 Å². The number of hydrogen-bond donors (Lipinski definition) is 2. The van der Waals surface area contributed by atoms with E-state index >= 15 is 0 Å². The van der Waals surface area contributed by atoms with Crippen LogP contribution in [0.2, 0.25) is 0 Å². The topological polar surface area (TPSA) is 111 Å². The molecule has 2 aromatic carbocycles. The monoisotopic (exact) mass is 476 g/mol. The minimum atomic E-state index is -0.874. The second-order valence-electron chi connectivity index (χ2n) is 6.40. The summed E-state index contributed by atoms with van der Waals surface area (Å²) in [4.78, 5) is 48.9. The Balaban J connectivity index is 1.90. The molecule has 0 heterocycles. The molecule has 0 aliphatic heterocycles. The fourth-order valence-corrected chi connectivity index (χ4v) is 4.81. The lowest BCUT2D eigenvalue weighted by Crippen LogP contribution is -2.44. The normalized spacial score (nSPS) is 12.2. The largest absolute Gasteiger partial charge is 0.467 e. The van der Waals surface area contributed by atoms with Crippen LogP contribution in [-0.4, -0.2) is 61.6 Å². The van der Waals surface area contributed by atoms with Gasteiger partial charge in [-0.3, -0.25) is 9.59 Å². The minimum Gasteiger partial charge on any atom is -0.467 e. The van der Waals surface area contributed by atoms with Crippen LogP contribution in [0.5, 0.6) is 0 Å². The third-order valence-corrected chi connectivity index (χ3v) is 6.63. The molecule has 2 unspecified atom stereocenters. The van der Waals surface area contributed by atoms with Crippen LogP contribution < -0.4 is 10.6 Å². The van der Waals surface area contributed by atoms with Gasteiger partial charge in [0.1, 0.15) is 12.1 Å². The predicted molar refractivity (Wildman–Crippen MR) is 124 cm³/mol. The lowest BCUT2D eigenvalue weighted by Gasteiger charge is -2.18. The van der Waals surface area contributed by atoms with Crippen molar-refractivity contribution in [3.05, 3.63) is 71.8 Å². The zero-order valence-corrected chi connectivity index (χ0v) is 19.2. The Labute approximate surface area is 194 Å². The van der Waals surface area contributed by atoms with Gasteiger partial charge in [-0.25, -0.2) is 9.59 Å². The SMILES string of the molecule is COC(=O)C(CSSCC(NC(=O)c1ccccc1)C(=O)OC)NC(=O)c1ccccc1. The van der Waals surface area contributed by atoms with E-state index in [0.717, 1.165) is 0 Å². The molecule has 2 atom stereocenters. The molecule has 10 heteroatoms. The Kier molecular flexibility index (Phi) is 10.6. The van der Waals surface area contributed by atoms with Crippen LogP contribution in [0.1, 0.15) is 20.7 Å². The van der Waals surface area contributed by atoms with Crippen molar-refractivity contribution in [2.45, 2.75) is 12.1 Å². The van der Waals surface area contributed by atoms with Crippen LogP contribution in [0.25, 0.3) is 0 Å². The van der Waals surface area contributed by atoms with Crippen LogP contribution in [-0.2, 0) is 19.1 Å². The van der Waals surface area contributed by atoms with Crippen molar-refractivity contribution in [3.63, 3.8) is 0 Å². The van der Waals surface area contributed by atoms with Gasteiger partial charge in [-0.05, 0) is 24.3 Å². The molecule has 2 rings (SSSR count). The fourth-order valence-electron chi connectivity index (χ4n) is 2.52. The summed E-state index contributed by atoms with van der Waals surface area (Å²) < 4.78 is 9.55. The van der Waals surface area contributed by atoms with Gasteiger partial charge < -0.3 is 20.1 Å². The second kappa shape index (κ2) is 13.4. The number of benzene rings is 2. The minimum absolute atomic E-state index is 0.205. The first kappa shape index (κ1) is 25.3. The van der Waals surface area contributed by atoms with Crippen molar-refractivity contribution >= 4 is 45.3 Å². The molecule has 0 aliphatic carbocycles. The average Bonchev–Trinajstić information content (AvgIpc) is 2.84. The zero-order valence-electron chi connectivity index (χ0n) is 17.6. The quantitative estimate of drug-likeness (QED) is 0.289. The maximum Gasteiger partial charge on any atom is 0.329 e. The molecule has 0 spiro atoms. The molecule has 0 fully saturated rings. The summed E-state index contributed by atoms with van der Waals surface area (Å²) in [5.41, 5.74) is 0.849. The standard InChI is InChI=1S/C22H24N2O6S2/c1-29-21(27)17(23-19(25)15-9-5-3-6-10-15)13-31-32-14-18(22(28)30-2)24-20(26)16-11-7-4-8-12-16/h3-12,17-18H,13-14H2,1-2H3,(H,23,25)(H,24,26). The van der Waals surface area contributed by atoms with Gasteiger partial charge in [0, 0.05) is 22.6 Å². The summed E-state index contributed by atoms with van der Waals surface area (Å²) in [7, 11) is 5.02. The number of hydrogen-bond acceptors (Lipinski definition) is 8. The summed E-state index contributed by atoms with van der Waals surface area (Å²) in [5, 5.41) is 5.30. The Morgan fingerprint density at radius 2 is 1.03 bits per heavy atom. The Morgan fingerprint density at radius 3 is 1.34 bits per heavy atom. The highest BCUT2D eigenvalue weighted by Gasteiger charge is 2.25. The molecule has 0 bridgehead atoms. The van der Waals surface area contributed by atoms with Gasteiger partial charge in [0.25, 0.3) is 11.8 Å². The third kappa shape index (κ3) is 7.93. The van der Waals surface area contributed by atoms with Gasteiger partial charge in [-0.1, -0.05) is 58.0 Å². The van der Waals surface area contributed by atoms with Crippen molar-refractivity contribution in [1.82, 2.24) is 10.6 Å². The van der Waals surface area contributed by atoms with E-state index in [4.69, 9.17) is 9.47 Å². The summed E-state index contributed by atoms with van der Waals surface area (Å²) >= 11 is 0. The van der Waals surface area contributed by atoms with Gasteiger partial charge >= 0.3 is 11.9 Å². The van der Waals surface area contributed by atoms with E-state index in [0.29, 0.717) is 11.1 Å². The molecule has 0 saturated carbocycles. The first-order valence-electron chi connectivity index (χ1n) is 9.58. The molecule has 2 amide bonds. The number of esters is 2. The van der Waals surface area contributed by atoms with E-state index in [1.54, 1.807) is 60.7 Å². The summed E-state index contributed by atoms with van der Waals surface area (Å²) in [5.74, 6) is -1.54. The van der Waals surface area contributed by atoms with E-state index in [2.05, 4.69) is 10.6 Å². The Bertz CT molecular complexity index is 836. The highest BCUT2D eigenvalue weighted by molar-refractivity contribution is 8.76. The van der Waals surface area contributed by atoms with Crippen molar-refractivity contribution in [1.29, 1.82) is 0 Å². The van der Waals surface area contributed by atoms with Crippen LogP contribution in [0.4, 0.5) is 0 Å². The molecule has 170 valence electrons. The first-order valence-corrected chi connectivity index (χ1v) is 12.1. The Morgan fingerprint density at radius 1 is 0.688 bits per heavy atom. The van der Waals surface area contributed by atoms with Gasteiger partial charge in [0.15, 0.2) is 0 Å². The molecule has 8 nitrogen and oxygen atoms in total. The maximum atomic E-state index is 12.4. The summed E-state index contributed by atoms with van der Waals surface area (Å²) in [6.45, 7) is 0. The van der Waals surface area contributed by atoms with E-state index < -0.39 is 35.8 Å². The smallest absolute Gasteiger partial charge is 0.329 e. The van der Waals surface area contributed by atoms with Gasteiger partial charge in [0.05, 0.1) is 14.2 Å². The van der Waals surface area contributed by atoms with Crippen LogP contribution in [0.15, 0.2) is 60.7 Å². The number of methoxy groups -OCH3 is 2. The predicted octanol–water partition coefficient (Wildman–Crippen LogP) is 2.31. The van der Waals surface area contributed by atoms with Crippen molar-refractivity contribution in [2.75, 3.05) is 25.7 Å². The van der Waals surface area contributed by atoms with E-state index in [1.165, 1.54) is 35.8 Å². The molecule has 2 N–H and O–H groups in total. The van der Waals surface area contributed by atoms with Crippen LogP contribution >= 0.6 is 21.6 Å². The first-order chi connectivity index (χ1) is 15.5. The second-order valence-corrected chi connectivity index (χ2v) is 8.95. The number of ether oxygens (including phenoxy) is 2. The molecule has 2 aromatic rings. The molecule has 0 radical (unpaired) electrons. The highest BCUT2D eigenvalue weighted by atomic mass is 33.1. The number of amides is 2. The number of carbonyl (C=O) groups is 4. The molecule has 0 aliphatic rings. The number of nitrogens with one attached hydrogen (secondary N) is 2. The molecule has 32 heavy (non-hydrogen) atoms. The maximum absolute atomic E-state index is 12.4. The Hall–Kier alpha value is -2.98. The third-order valence-electron chi connectivity index (χ3n) is 4.21. The molecule has 0 saturated heterocycles. The number of rotatable bonds is 11. The summed E-state index contributed by atoms with van der Waals surface area (Å²) in [6.07, 6.45) is 0. The summed E-state index contributed by atoms with van der Waals surface area (Å²) in [6, 6.07) is 15.3.